The minimum atomic E-state index is -0.339. The number of carbonyl (C=O) groups is 1. The van der Waals surface area contributed by atoms with Crippen molar-refractivity contribution in [3.8, 4) is 5.75 Å². The van der Waals surface area contributed by atoms with Crippen LogP contribution >= 0.6 is 0 Å². The summed E-state index contributed by atoms with van der Waals surface area (Å²) < 4.78 is 13.7. The summed E-state index contributed by atoms with van der Waals surface area (Å²) in [6.07, 6.45) is 0. The summed E-state index contributed by atoms with van der Waals surface area (Å²) in [4.78, 5) is 22.6. The highest BCUT2D eigenvalue weighted by Gasteiger charge is 2.22. The summed E-state index contributed by atoms with van der Waals surface area (Å²) in [5.41, 5.74) is 5.95. The minimum Gasteiger partial charge on any atom is -0.487 e. The van der Waals surface area contributed by atoms with Crippen molar-refractivity contribution in [1.82, 2.24) is 14.5 Å². The molecule has 0 aliphatic carbocycles. The van der Waals surface area contributed by atoms with E-state index in [4.69, 9.17) is 19.4 Å². The van der Waals surface area contributed by atoms with Crippen LogP contribution in [0.25, 0.3) is 32.7 Å². The predicted molar refractivity (Wildman–Crippen MR) is 150 cm³/mol. The Morgan fingerprint density at radius 2 is 1.47 bits per heavy atom. The number of fused-ring (bicyclic) bond motifs is 3. The molecular weight excluding hydrogens is 474 g/mol. The van der Waals surface area contributed by atoms with Crippen LogP contribution in [0.5, 0.6) is 5.75 Å². The number of hydrogen-bond donors (Lipinski definition) is 0. The molecule has 3 aromatic heterocycles. The fourth-order valence-corrected chi connectivity index (χ4v) is 4.92. The van der Waals surface area contributed by atoms with E-state index in [9.17, 15) is 4.79 Å². The Bertz CT molecular complexity index is 1810. The zero-order valence-corrected chi connectivity index (χ0v) is 21.3. The van der Waals surface area contributed by atoms with Gasteiger partial charge >= 0.3 is 5.97 Å². The first-order valence-corrected chi connectivity index (χ1v) is 12.7. The lowest BCUT2D eigenvalue weighted by atomic mass is 10.1. The topological polar surface area (TPSA) is 66.2 Å². The largest absolute Gasteiger partial charge is 0.487 e. The van der Waals surface area contributed by atoms with Crippen LogP contribution in [0.4, 0.5) is 0 Å². The predicted octanol–water partition coefficient (Wildman–Crippen LogP) is 6.85. The van der Waals surface area contributed by atoms with E-state index in [1.54, 1.807) is 0 Å². The van der Waals surface area contributed by atoms with Crippen molar-refractivity contribution < 1.29 is 14.3 Å². The molecule has 188 valence electrons. The third kappa shape index (κ3) is 4.45. The first-order chi connectivity index (χ1) is 18.6. The average molecular weight is 502 g/mol. The normalized spacial score (nSPS) is 11.3. The number of ether oxygens (including phenoxy) is 2. The van der Waals surface area contributed by atoms with Crippen molar-refractivity contribution in [3.63, 3.8) is 0 Å². The van der Waals surface area contributed by atoms with E-state index in [0.29, 0.717) is 31.1 Å². The zero-order valence-electron chi connectivity index (χ0n) is 21.3. The number of pyridine rings is 2. The van der Waals surface area contributed by atoms with Crippen LogP contribution in [0.15, 0.2) is 91.0 Å². The Balaban J connectivity index is 1.35. The number of hydrogen-bond acceptors (Lipinski definition) is 5. The molecule has 0 radical (unpaired) electrons. The summed E-state index contributed by atoms with van der Waals surface area (Å²) >= 11 is 0. The molecule has 0 saturated carbocycles. The number of esters is 1. The highest BCUT2D eigenvalue weighted by molar-refractivity contribution is 6.06. The minimum absolute atomic E-state index is 0.307. The molecule has 38 heavy (non-hydrogen) atoms. The quantitative estimate of drug-likeness (QED) is 0.224. The van der Waals surface area contributed by atoms with Gasteiger partial charge in [0.05, 0.1) is 41.1 Å². The van der Waals surface area contributed by atoms with Crippen molar-refractivity contribution in [2.75, 3.05) is 6.61 Å². The van der Waals surface area contributed by atoms with Crippen LogP contribution in [0.3, 0.4) is 0 Å². The molecule has 3 heterocycles. The number of aromatic nitrogens is 3. The number of benzene rings is 3. The third-order valence-corrected chi connectivity index (χ3v) is 6.79. The average Bonchev–Trinajstić information content (AvgIpc) is 3.22. The van der Waals surface area contributed by atoms with E-state index >= 15 is 0 Å². The van der Waals surface area contributed by atoms with E-state index in [2.05, 4.69) is 16.7 Å². The highest BCUT2D eigenvalue weighted by Crippen LogP contribution is 2.31. The maximum atomic E-state index is 13.0. The fraction of sp³-hybridized carbons (Fsp3) is 0.156. The highest BCUT2D eigenvalue weighted by atomic mass is 16.5. The molecule has 0 fully saturated rings. The number of para-hydroxylation sites is 2. The second-order valence-electron chi connectivity index (χ2n) is 9.23. The van der Waals surface area contributed by atoms with Gasteiger partial charge < -0.3 is 14.0 Å². The van der Waals surface area contributed by atoms with Crippen LogP contribution in [-0.4, -0.2) is 27.1 Å². The molecule has 3 aromatic carbocycles. The molecule has 6 heteroatoms. The Labute approximate surface area is 220 Å². The van der Waals surface area contributed by atoms with Crippen LogP contribution in [-0.2, 0) is 17.9 Å². The van der Waals surface area contributed by atoms with Gasteiger partial charge in [-0.25, -0.2) is 9.78 Å². The molecule has 0 aliphatic heterocycles. The Morgan fingerprint density at radius 3 is 2.18 bits per heavy atom. The van der Waals surface area contributed by atoms with E-state index in [1.807, 2.05) is 92.7 Å². The maximum Gasteiger partial charge on any atom is 0.340 e. The molecule has 0 bridgehead atoms. The van der Waals surface area contributed by atoms with Gasteiger partial charge in [-0.05, 0) is 56.3 Å². The van der Waals surface area contributed by atoms with Gasteiger partial charge in [-0.1, -0.05) is 48.5 Å². The van der Waals surface area contributed by atoms with Crippen LogP contribution in [0.2, 0.25) is 0 Å². The third-order valence-electron chi connectivity index (χ3n) is 6.79. The van der Waals surface area contributed by atoms with Crippen molar-refractivity contribution in [2.45, 2.75) is 27.0 Å². The van der Waals surface area contributed by atoms with E-state index in [0.717, 1.165) is 49.8 Å². The molecule has 6 aromatic rings. The lowest BCUT2D eigenvalue weighted by Gasteiger charge is -2.10. The number of nitrogens with zero attached hydrogens (tertiary/aromatic N) is 3. The van der Waals surface area contributed by atoms with Crippen molar-refractivity contribution in [3.05, 3.63) is 114 Å². The molecule has 0 saturated heterocycles. The molecule has 0 N–H and O–H groups in total. The summed E-state index contributed by atoms with van der Waals surface area (Å²) in [6, 6.07) is 30.1. The molecule has 0 amide bonds. The van der Waals surface area contributed by atoms with Gasteiger partial charge in [-0.2, -0.15) is 0 Å². The maximum absolute atomic E-state index is 13.0. The summed E-state index contributed by atoms with van der Waals surface area (Å²) in [5, 5.41) is 2.99. The lowest BCUT2D eigenvalue weighted by Crippen LogP contribution is -2.08. The number of rotatable bonds is 7. The van der Waals surface area contributed by atoms with Crippen molar-refractivity contribution >= 4 is 38.7 Å². The Kier molecular flexibility index (Phi) is 6.22. The summed E-state index contributed by atoms with van der Waals surface area (Å²) in [6.45, 7) is 4.93. The Hall–Kier alpha value is -4.71. The standard InChI is InChI=1S/C32H27N3O3/c1-3-37-32(36)31-21(2)35(19-24-14-12-22-8-4-6-10-28(22)33-24)30-17-16-26(18-27(30)31)38-20-25-15-13-23-9-5-7-11-29(23)34-25/h4-18H,3,19-20H2,1-2H3. The summed E-state index contributed by atoms with van der Waals surface area (Å²) in [7, 11) is 0. The number of carbonyl (C=O) groups excluding carboxylic acids is 1. The second kappa shape index (κ2) is 9.98. The van der Waals surface area contributed by atoms with E-state index < -0.39 is 0 Å². The van der Waals surface area contributed by atoms with Gasteiger partial charge in [0.25, 0.3) is 0 Å². The lowest BCUT2D eigenvalue weighted by molar-refractivity contribution is 0.0527. The molecule has 0 atom stereocenters. The van der Waals surface area contributed by atoms with Crippen LogP contribution < -0.4 is 4.74 Å². The zero-order chi connectivity index (χ0) is 26.1. The molecule has 0 unspecified atom stereocenters. The van der Waals surface area contributed by atoms with Crippen molar-refractivity contribution in [1.29, 1.82) is 0 Å². The molecule has 0 aliphatic rings. The molecular formula is C32H27N3O3. The van der Waals surface area contributed by atoms with Crippen molar-refractivity contribution in [2.24, 2.45) is 0 Å². The Morgan fingerprint density at radius 1 is 0.816 bits per heavy atom. The van der Waals surface area contributed by atoms with Crippen LogP contribution in [0, 0.1) is 6.92 Å². The SMILES string of the molecule is CCOC(=O)c1c(C)n(Cc2ccc3ccccc3n2)c2ccc(OCc3ccc4ccccc4n3)cc12. The first-order valence-electron chi connectivity index (χ1n) is 12.7. The van der Waals surface area contributed by atoms with Gasteiger partial charge in [0.1, 0.15) is 12.4 Å². The first kappa shape index (κ1) is 23.7. The van der Waals surface area contributed by atoms with E-state index in [1.165, 1.54) is 0 Å². The van der Waals surface area contributed by atoms with Gasteiger partial charge in [-0.15, -0.1) is 0 Å². The second-order valence-corrected chi connectivity index (χ2v) is 9.23. The van der Waals surface area contributed by atoms with Gasteiger partial charge in [-0.3, -0.25) is 4.98 Å². The van der Waals surface area contributed by atoms with Gasteiger partial charge in [0.2, 0.25) is 0 Å². The fourth-order valence-electron chi connectivity index (χ4n) is 4.92. The van der Waals surface area contributed by atoms with Crippen LogP contribution in [0.1, 0.15) is 34.4 Å². The smallest absolute Gasteiger partial charge is 0.340 e. The molecule has 6 nitrogen and oxygen atoms in total. The van der Waals surface area contributed by atoms with Gasteiger partial charge in [0, 0.05) is 27.4 Å². The van der Waals surface area contributed by atoms with E-state index in [-0.39, 0.29) is 5.97 Å². The molecule has 6 rings (SSSR count). The monoisotopic (exact) mass is 501 g/mol. The summed E-state index contributed by atoms with van der Waals surface area (Å²) in [5.74, 6) is 0.326. The molecule has 0 spiro atoms. The van der Waals surface area contributed by atoms with Gasteiger partial charge in [0.15, 0.2) is 0 Å².